The molecule has 164 valence electrons. The summed E-state index contributed by atoms with van der Waals surface area (Å²) in [6.07, 6.45) is -3.24. The second-order valence-corrected chi connectivity index (χ2v) is 8.74. The molecule has 0 bridgehead atoms. The van der Waals surface area contributed by atoms with Crippen molar-refractivity contribution in [3.05, 3.63) is 46.9 Å². The van der Waals surface area contributed by atoms with Crippen LogP contribution in [0.4, 0.5) is 10.2 Å². The highest BCUT2D eigenvalue weighted by Crippen LogP contribution is 2.56. The van der Waals surface area contributed by atoms with Crippen LogP contribution in [-0.4, -0.2) is 44.4 Å². The first-order valence-corrected chi connectivity index (χ1v) is 10.7. The molecule has 1 saturated heterocycles. The predicted molar refractivity (Wildman–Crippen MR) is 103 cm³/mol. The number of para-hydroxylation sites is 1. The molecule has 0 amide bonds. The SMILES string of the molecule is N#C[C@@]1(n2ccc(N)nc2=S)O[C@](F)(COP2(=O)OCc3ccccc3O2)[C@@H](O)[C@H]1O. The summed E-state index contributed by atoms with van der Waals surface area (Å²) in [5.41, 5.74) is 3.64. The second-order valence-electron chi connectivity index (χ2n) is 6.78. The molecule has 2 aromatic rings. The van der Waals surface area contributed by atoms with E-state index in [1.54, 1.807) is 24.3 Å². The number of phosphoric ester groups is 1. The number of aliphatic hydroxyl groups is 2. The molecule has 4 rings (SSSR count). The van der Waals surface area contributed by atoms with Crippen LogP contribution in [-0.2, 0) is 30.7 Å². The van der Waals surface area contributed by atoms with Crippen molar-refractivity contribution in [2.24, 2.45) is 0 Å². The van der Waals surface area contributed by atoms with E-state index in [2.05, 4.69) is 4.98 Å². The summed E-state index contributed by atoms with van der Waals surface area (Å²) in [5, 5.41) is 30.5. The van der Waals surface area contributed by atoms with Crippen molar-refractivity contribution in [3.63, 3.8) is 0 Å². The molecular formula is C17H16FN4O7PS. The summed E-state index contributed by atoms with van der Waals surface area (Å²) in [7, 11) is -4.28. The van der Waals surface area contributed by atoms with Gasteiger partial charge in [0.15, 0.2) is 0 Å². The van der Waals surface area contributed by atoms with Gasteiger partial charge in [-0.15, -0.1) is 0 Å². The van der Waals surface area contributed by atoms with Gasteiger partial charge in [-0.2, -0.15) is 5.26 Å². The summed E-state index contributed by atoms with van der Waals surface area (Å²) in [6.45, 7) is -1.31. The third kappa shape index (κ3) is 3.62. The largest absolute Gasteiger partial charge is 0.530 e. The lowest BCUT2D eigenvalue weighted by molar-refractivity contribution is -0.225. The van der Waals surface area contributed by atoms with Crippen molar-refractivity contribution in [1.82, 2.24) is 9.55 Å². The molecule has 0 aliphatic carbocycles. The third-order valence-corrected chi connectivity index (χ3v) is 6.39. The van der Waals surface area contributed by atoms with Crippen molar-refractivity contribution in [2.75, 3.05) is 12.3 Å². The zero-order valence-corrected chi connectivity index (χ0v) is 17.3. The Labute approximate surface area is 180 Å². The first-order valence-electron chi connectivity index (χ1n) is 8.81. The lowest BCUT2D eigenvalue weighted by Crippen LogP contribution is -2.45. The molecule has 4 N–H and O–H groups in total. The molecule has 0 radical (unpaired) electrons. The molecule has 0 saturated carbocycles. The average molecular weight is 470 g/mol. The smallest absolute Gasteiger partial charge is 0.404 e. The summed E-state index contributed by atoms with van der Waals surface area (Å²) < 4.78 is 49.3. The van der Waals surface area contributed by atoms with Gasteiger partial charge in [-0.3, -0.25) is 18.4 Å². The lowest BCUT2D eigenvalue weighted by Gasteiger charge is -2.29. The van der Waals surface area contributed by atoms with E-state index < -0.39 is 38.2 Å². The summed E-state index contributed by atoms with van der Waals surface area (Å²) in [5.74, 6) is -2.93. The predicted octanol–water partition coefficient (Wildman–Crippen LogP) is 1.52. The van der Waals surface area contributed by atoms with Gasteiger partial charge in [-0.25, -0.2) is 13.9 Å². The summed E-state index contributed by atoms with van der Waals surface area (Å²) in [6, 6.07) is 9.42. The van der Waals surface area contributed by atoms with Gasteiger partial charge in [0, 0.05) is 11.8 Å². The topological polar surface area (TPSA) is 162 Å². The van der Waals surface area contributed by atoms with Gasteiger partial charge >= 0.3 is 7.82 Å². The van der Waals surface area contributed by atoms with Gasteiger partial charge in [0.2, 0.25) is 4.77 Å². The first-order chi connectivity index (χ1) is 14.6. The number of anilines is 1. The normalized spacial score (nSPS) is 34.5. The Kier molecular flexibility index (Phi) is 5.35. The number of nitrogen functional groups attached to an aromatic ring is 1. The fraction of sp³-hybridized carbons (Fsp3) is 0.353. The Morgan fingerprint density at radius 1 is 1.42 bits per heavy atom. The van der Waals surface area contributed by atoms with Crippen LogP contribution in [0.3, 0.4) is 0 Å². The quantitative estimate of drug-likeness (QED) is 0.439. The van der Waals surface area contributed by atoms with Gasteiger partial charge in [0.05, 0.1) is 6.61 Å². The Morgan fingerprint density at radius 2 is 2.16 bits per heavy atom. The number of hydrogen-bond acceptors (Lipinski definition) is 11. The molecule has 1 fully saturated rings. The van der Waals surface area contributed by atoms with E-state index in [4.69, 9.17) is 36.3 Å². The van der Waals surface area contributed by atoms with E-state index in [1.807, 2.05) is 0 Å². The number of aliphatic hydroxyl groups excluding tert-OH is 2. The monoisotopic (exact) mass is 470 g/mol. The van der Waals surface area contributed by atoms with E-state index in [1.165, 1.54) is 12.1 Å². The van der Waals surface area contributed by atoms with Gasteiger partial charge in [-0.1, -0.05) is 18.2 Å². The highest BCUT2D eigenvalue weighted by molar-refractivity contribution is 7.71. The van der Waals surface area contributed by atoms with Crippen molar-refractivity contribution < 1.29 is 37.5 Å². The maximum absolute atomic E-state index is 15.5. The van der Waals surface area contributed by atoms with Crippen LogP contribution in [0.2, 0.25) is 0 Å². The third-order valence-electron chi connectivity index (χ3n) is 4.79. The number of benzene rings is 1. The lowest BCUT2D eigenvalue weighted by atomic mass is 10.0. The van der Waals surface area contributed by atoms with Crippen LogP contribution in [0.25, 0.3) is 0 Å². The van der Waals surface area contributed by atoms with Crippen molar-refractivity contribution in [3.8, 4) is 11.8 Å². The number of nitrogens with zero attached hydrogens (tertiary/aromatic N) is 3. The molecule has 1 unspecified atom stereocenters. The number of phosphoric acid groups is 1. The molecule has 1 aromatic carbocycles. The van der Waals surface area contributed by atoms with Gasteiger partial charge in [0.1, 0.15) is 36.5 Å². The molecule has 1 aromatic heterocycles. The molecule has 2 aliphatic heterocycles. The fourth-order valence-corrected chi connectivity index (χ4v) is 4.72. The minimum Gasteiger partial charge on any atom is -0.404 e. The molecule has 14 heteroatoms. The molecule has 3 heterocycles. The Morgan fingerprint density at radius 3 is 2.87 bits per heavy atom. The maximum atomic E-state index is 15.5. The number of rotatable bonds is 4. The van der Waals surface area contributed by atoms with E-state index in [-0.39, 0.29) is 22.9 Å². The molecule has 2 aliphatic rings. The minimum atomic E-state index is -4.28. The van der Waals surface area contributed by atoms with E-state index in [9.17, 15) is 20.0 Å². The molecule has 0 spiro atoms. The highest BCUT2D eigenvalue weighted by Gasteiger charge is 2.66. The van der Waals surface area contributed by atoms with Crippen LogP contribution >= 0.6 is 20.0 Å². The number of hydrogen-bond donors (Lipinski definition) is 3. The highest BCUT2D eigenvalue weighted by atomic mass is 32.1. The first kappa shape index (κ1) is 21.8. The van der Waals surface area contributed by atoms with Gasteiger partial charge in [-0.05, 0) is 24.4 Å². The number of halogens is 1. The molecular weight excluding hydrogens is 454 g/mol. The fourth-order valence-electron chi connectivity index (χ4n) is 3.19. The molecule has 5 atom stereocenters. The zero-order chi connectivity index (χ0) is 22.4. The summed E-state index contributed by atoms with van der Waals surface area (Å²) >= 11 is 5.01. The van der Waals surface area contributed by atoms with E-state index in [0.29, 0.717) is 5.56 Å². The van der Waals surface area contributed by atoms with Crippen molar-refractivity contribution in [2.45, 2.75) is 30.4 Å². The zero-order valence-electron chi connectivity index (χ0n) is 15.6. The van der Waals surface area contributed by atoms with Crippen LogP contribution in [0.15, 0.2) is 36.5 Å². The molecule has 11 nitrogen and oxygen atoms in total. The minimum absolute atomic E-state index is 0.0159. The van der Waals surface area contributed by atoms with Gasteiger partial charge in [0.25, 0.3) is 11.6 Å². The number of fused-ring (bicyclic) bond motifs is 1. The van der Waals surface area contributed by atoms with Crippen LogP contribution in [0.5, 0.6) is 5.75 Å². The second kappa shape index (κ2) is 7.61. The van der Waals surface area contributed by atoms with Crippen molar-refractivity contribution in [1.29, 1.82) is 5.26 Å². The molecule has 31 heavy (non-hydrogen) atoms. The standard InChI is InChI=1S/C17H16FN4O7PS/c18-16(9-27-30(25)26-7-10-3-1-2-4-11(10)28-30)13(23)14(24)17(8-19,29-16)22-6-5-12(20)21-15(22)31/h1-6,13-14,23-24H,7,9H2,(H2,20,21,31)/t13-,14+,16+,17+,30?/m0/s1. The van der Waals surface area contributed by atoms with E-state index in [0.717, 1.165) is 10.8 Å². The Balaban J connectivity index is 1.59. The van der Waals surface area contributed by atoms with Crippen LogP contribution in [0, 0.1) is 16.1 Å². The average Bonchev–Trinajstić information content (AvgIpc) is 2.94. The van der Waals surface area contributed by atoms with Gasteiger partial charge < -0.3 is 20.5 Å². The van der Waals surface area contributed by atoms with E-state index >= 15 is 4.39 Å². The number of nitriles is 1. The van der Waals surface area contributed by atoms with Crippen LogP contribution in [0.1, 0.15) is 5.56 Å². The number of ether oxygens (including phenoxy) is 1. The Hall–Kier alpha value is -2.43. The number of aromatic nitrogens is 2. The maximum Gasteiger partial charge on any atom is 0.530 e. The summed E-state index contributed by atoms with van der Waals surface area (Å²) in [4.78, 5) is 3.76. The van der Waals surface area contributed by atoms with Crippen molar-refractivity contribution >= 4 is 25.9 Å². The number of nitrogens with two attached hydrogens (primary N) is 1. The van der Waals surface area contributed by atoms with Crippen LogP contribution < -0.4 is 10.3 Å². The Bertz CT molecular complexity index is 1180. The number of alkyl halides is 1.